The molecule has 9 heteroatoms. The lowest BCUT2D eigenvalue weighted by atomic mass is 9.95. The summed E-state index contributed by atoms with van der Waals surface area (Å²) in [6.45, 7) is 0.613. The first-order chi connectivity index (χ1) is 13.1. The van der Waals surface area contributed by atoms with Gasteiger partial charge in [-0.25, -0.2) is 4.39 Å². The number of hydrogen-bond acceptors (Lipinski definition) is 3. The van der Waals surface area contributed by atoms with E-state index in [9.17, 15) is 22.4 Å². The van der Waals surface area contributed by atoms with Gasteiger partial charge in [-0.15, -0.1) is 13.2 Å². The lowest BCUT2D eigenvalue weighted by Gasteiger charge is -2.32. The van der Waals surface area contributed by atoms with Gasteiger partial charge in [0, 0.05) is 30.6 Å². The van der Waals surface area contributed by atoms with Crippen LogP contribution in [0.2, 0.25) is 5.02 Å². The van der Waals surface area contributed by atoms with E-state index >= 15 is 0 Å². The number of carbonyl (C=O) groups is 1. The maximum Gasteiger partial charge on any atom is 0.573 e. The van der Waals surface area contributed by atoms with Crippen molar-refractivity contribution in [3.8, 4) is 5.75 Å². The predicted octanol–water partition coefficient (Wildman–Crippen LogP) is 4.96. The highest BCUT2D eigenvalue weighted by atomic mass is 35.5. The van der Waals surface area contributed by atoms with Crippen molar-refractivity contribution < 1.29 is 32.2 Å². The van der Waals surface area contributed by atoms with Crippen LogP contribution in [0.1, 0.15) is 23.1 Å². The van der Waals surface area contributed by atoms with Crippen LogP contribution in [-0.4, -0.2) is 24.0 Å². The first-order valence-corrected chi connectivity index (χ1v) is 8.83. The minimum absolute atomic E-state index is 0.0125. The summed E-state index contributed by atoms with van der Waals surface area (Å²) in [5.74, 6) is -2.06. The molecule has 0 bridgehead atoms. The first kappa shape index (κ1) is 20.3. The minimum Gasteiger partial charge on any atom is -0.481 e. The summed E-state index contributed by atoms with van der Waals surface area (Å²) in [5, 5.41) is 9.31. The molecular formula is C19H16ClF4NO3. The monoisotopic (exact) mass is 417 g/mol. The number of alkyl halides is 3. The summed E-state index contributed by atoms with van der Waals surface area (Å²) < 4.78 is 55.4. The number of aryl methyl sites for hydroxylation is 1. The molecule has 0 aliphatic carbocycles. The van der Waals surface area contributed by atoms with E-state index in [-0.39, 0.29) is 18.7 Å². The van der Waals surface area contributed by atoms with E-state index in [0.29, 0.717) is 24.4 Å². The molecule has 150 valence electrons. The van der Waals surface area contributed by atoms with Gasteiger partial charge in [0.2, 0.25) is 0 Å². The Morgan fingerprint density at radius 2 is 2.00 bits per heavy atom. The number of halogens is 5. The highest BCUT2D eigenvalue weighted by molar-refractivity contribution is 6.32. The molecule has 0 atom stereocenters. The van der Waals surface area contributed by atoms with Gasteiger partial charge in [0.1, 0.15) is 11.6 Å². The molecule has 0 saturated heterocycles. The average Bonchev–Trinajstić information content (AvgIpc) is 2.61. The summed E-state index contributed by atoms with van der Waals surface area (Å²) in [6, 6.07) is 6.41. The van der Waals surface area contributed by atoms with E-state index in [2.05, 4.69) is 4.74 Å². The Labute approximate surface area is 163 Å². The Balaban J connectivity index is 1.83. The number of benzene rings is 2. The zero-order chi connectivity index (χ0) is 20.5. The van der Waals surface area contributed by atoms with Crippen LogP contribution >= 0.6 is 11.6 Å². The summed E-state index contributed by atoms with van der Waals surface area (Å²) in [7, 11) is 0. The molecule has 0 spiro atoms. The van der Waals surface area contributed by atoms with Crippen molar-refractivity contribution in [1.82, 2.24) is 0 Å². The Morgan fingerprint density at radius 3 is 2.68 bits per heavy atom. The van der Waals surface area contributed by atoms with Crippen LogP contribution in [0, 0.1) is 5.82 Å². The van der Waals surface area contributed by atoms with Crippen molar-refractivity contribution in [3.05, 3.63) is 57.9 Å². The van der Waals surface area contributed by atoms with Crippen molar-refractivity contribution in [2.75, 3.05) is 11.4 Å². The van der Waals surface area contributed by atoms with Gasteiger partial charge in [-0.1, -0.05) is 23.7 Å². The van der Waals surface area contributed by atoms with Crippen LogP contribution in [0.3, 0.4) is 0 Å². The van der Waals surface area contributed by atoms with Gasteiger partial charge < -0.3 is 14.7 Å². The first-order valence-electron chi connectivity index (χ1n) is 8.45. The van der Waals surface area contributed by atoms with Gasteiger partial charge >= 0.3 is 12.3 Å². The third-order valence-electron chi connectivity index (χ3n) is 4.51. The number of carboxylic acids is 1. The average molecular weight is 418 g/mol. The maximum atomic E-state index is 14.2. The highest BCUT2D eigenvalue weighted by Crippen LogP contribution is 2.35. The molecule has 2 aromatic carbocycles. The van der Waals surface area contributed by atoms with Crippen molar-refractivity contribution in [2.24, 2.45) is 0 Å². The standard InChI is InChI=1S/C19H16ClF4NO3/c20-18-11(3-6-17(26)27)1-2-12-10-25(8-7-14(12)18)16-9-13(4-5-15(16)21)28-19(22,23)24/h1-2,4-5,9H,3,6-8,10H2,(H,26,27). The predicted molar refractivity (Wildman–Crippen MR) is 95.2 cm³/mol. The zero-order valence-electron chi connectivity index (χ0n) is 14.5. The largest absolute Gasteiger partial charge is 0.573 e. The molecule has 28 heavy (non-hydrogen) atoms. The fourth-order valence-electron chi connectivity index (χ4n) is 3.23. The third-order valence-corrected chi connectivity index (χ3v) is 4.98. The van der Waals surface area contributed by atoms with Crippen LogP contribution in [-0.2, 0) is 24.2 Å². The van der Waals surface area contributed by atoms with Crippen molar-refractivity contribution in [1.29, 1.82) is 0 Å². The summed E-state index contributed by atoms with van der Waals surface area (Å²) in [5.41, 5.74) is 2.40. The molecule has 0 aromatic heterocycles. The Hall–Kier alpha value is -2.48. The number of anilines is 1. The van der Waals surface area contributed by atoms with Gasteiger partial charge in [-0.2, -0.15) is 0 Å². The number of ether oxygens (including phenoxy) is 1. The molecule has 1 aliphatic rings. The second kappa shape index (κ2) is 7.87. The molecule has 0 saturated carbocycles. The molecule has 3 rings (SSSR count). The van der Waals surface area contributed by atoms with Crippen LogP contribution < -0.4 is 9.64 Å². The van der Waals surface area contributed by atoms with Crippen LogP contribution in [0.4, 0.5) is 23.2 Å². The van der Waals surface area contributed by atoms with Gasteiger partial charge in [0.25, 0.3) is 0 Å². The summed E-state index contributed by atoms with van der Waals surface area (Å²) >= 11 is 6.40. The van der Waals surface area contributed by atoms with Crippen molar-refractivity contribution >= 4 is 23.3 Å². The number of rotatable bonds is 5. The molecule has 2 aromatic rings. The Morgan fingerprint density at radius 1 is 1.25 bits per heavy atom. The van der Waals surface area contributed by atoms with Crippen LogP contribution in [0.25, 0.3) is 0 Å². The van der Waals surface area contributed by atoms with E-state index in [1.807, 2.05) is 0 Å². The number of fused-ring (bicyclic) bond motifs is 1. The molecule has 1 heterocycles. The van der Waals surface area contributed by atoms with Gasteiger partial charge in [-0.3, -0.25) is 4.79 Å². The van der Waals surface area contributed by atoms with Gasteiger partial charge in [0.15, 0.2) is 0 Å². The molecule has 4 nitrogen and oxygen atoms in total. The lowest BCUT2D eigenvalue weighted by molar-refractivity contribution is -0.274. The highest BCUT2D eigenvalue weighted by Gasteiger charge is 2.32. The van der Waals surface area contributed by atoms with E-state index < -0.39 is 23.9 Å². The van der Waals surface area contributed by atoms with E-state index in [4.69, 9.17) is 16.7 Å². The van der Waals surface area contributed by atoms with Crippen molar-refractivity contribution in [3.63, 3.8) is 0 Å². The lowest BCUT2D eigenvalue weighted by Crippen LogP contribution is -2.31. The van der Waals surface area contributed by atoms with E-state index in [1.165, 1.54) is 0 Å². The maximum absolute atomic E-state index is 14.2. The minimum atomic E-state index is -4.86. The molecule has 0 unspecified atom stereocenters. The molecule has 0 fully saturated rings. The smallest absolute Gasteiger partial charge is 0.481 e. The zero-order valence-corrected chi connectivity index (χ0v) is 15.3. The number of carboxylic acid groups (broad SMARTS) is 1. The normalized spacial score (nSPS) is 14.0. The molecule has 1 aliphatic heterocycles. The molecule has 1 N–H and O–H groups in total. The van der Waals surface area contributed by atoms with E-state index in [0.717, 1.165) is 34.9 Å². The second-order valence-corrected chi connectivity index (χ2v) is 6.78. The summed E-state index contributed by atoms with van der Waals surface area (Å²) in [6.07, 6.45) is -4.14. The molecule has 0 radical (unpaired) electrons. The fraction of sp³-hybridized carbons (Fsp3) is 0.316. The number of nitrogens with zero attached hydrogens (tertiary/aromatic N) is 1. The van der Waals surface area contributed by atoms with Gasteiger partial charge in [-0.05, 0) is 41.7 Å². The fourth-order valence-corrected chi connectivity index (χ4v) is 3.61. The second-order valence-electron chi connectivity index (χ2n) is 6.40. The topological polar surface area (TPSA) is 49.8 Å². The Bertz CT molecular complexity index is 901. The Kier molecular flexibility index (Phi) is 5.69. The third kappa shape index (κ3) is 4.67. The SMILES string of the molecule is O=C(O)CCc1ccc2c(c1Cl)CCN(c1cc(OC(F)(F)F)ccc1F)C2. The van der Waals surface area contributed by atoms with Gasteiger partial charge in [0.05, 0.1) is 5.69 Å². The molecular weight excluding hydrogens is 402 g/mol. The van der Waals surface area contributed by atoms with Crippen molar-refractivity contribution in [2.45, 2.75) is 32.2 Å². The van der Waals surface area contributed by atoms with Crippen LogP contribution in [0.5, 0.6) is 5.75 Å². The summed E-state index contributed by atoms with van der Waals surface area (Å²) in [4.78, 5) is 12.4. The molecule has 0 amide bonds. The van der Waals surface area contributed by atoms with Crippen LogP contribution in [0.15, 0.2) is 30.3 Å². The number of aliphatic carboxylic acids is 1. The number of hydrogen-bond donors (Lipinski definition) is 1. The van der Waals surface area contributed by atoms with E-state index in [1.54, 1.807) is 17.0 Å². The quantitative estimate of drug-likeness (QED) is 0.699.